The number of ketones is 1. The Morgan fingerprint density at radius 1 is 1.11 bits per heavy atom. The van der Waals surface area contributed by atoms with Gasteiger partial charge in [0.1, 0.15) is 0 Å². The molecular weight excluding hydrogens is 234 g/mol. The van der Waals surface area contributed by atoms with Crippen LogP contribution in [0.4, 0.5) is 0 Å². The summed E-state index contributed by atoms with van der Waals surface area (Å²) in [7, 11) is 0. The molecule has 1 unspecified atom stereocenters. The molecule has 98 valence electrons. The number of carbonyl (C=O) groups is 1. The summed E-state index contributed by atoms with van der Waals surface area (Å²) in [4.78, 5) is 12.1. The van der Waals surface area contributed by atoms with Crippen molar-refractivity contribution in [3.63, 3.8) is 0 Å². The van der Waals surface area contributed by atoms with Gasteiger partial charge in [-0.15, -0.1) is 0 Å². The minimum absolute atomic E-state index is 0.141. The molecule has 1 aromatic heterocycles. The quantitative estimate of drug-likeness (QED) is 0.592. The summed E-state index contributed by atoms with van der Waals surface area (Å²) < 4.78 is 1.93. The van der Waals surface area contributed by atoms with E-state index in [0.717, 1.165) is 12.0 Å². The van der Waals surface area contributed by atoms with E-state index in [4.69, 9.17) is 0 Å². The van der Waals surface area contributed by atoms with Gasteiger partial charge in [-0.3, -0.25) is 4.79 Å². The van der Waals surface area contributed by atoms with E-state index >= 15 is 0 Å². The first kappa shape index (κ1) is 13.5. The predicted octanol–water partition coefficient (Wildman–Crippen LogP) is 3.37. The number of pyridine rings is 1. The van der Waals surface area contributed by atoms with Crippen LogP contribution >= 0.6 is 0 Å². The molecule has 0 amide bonds. The molecule has 19 heavy (non-hydrogen) atoms. The standard InChI is InChI=1S/C17H20NO/c1-3-14(2)15-9-11-18(12-10-15)13-17(19)16-7-5-4-6-8-16/h4-12,14H,3,13H2,1-2H3/q+1. The summed E-state index contributed by atoms with van der Waals surface area (Å²) in [5.74, 6) is 0.710. The van der Waals surface area contributed by atoms with Crippen molar-refractivity contribution in [2.45, 2.75) is 32.7 Å². The summed E-state index contributed by atoms with van der Waals surface area (Å²) in [6.45, 7) is 4.80. The van der Waals surface area contributed by atoms with Crippen molar-refractivity contribution in [1.29, 1.82) is 0 Å². The Morgan fingerprint density at radius 2 is 1.74 bits per heavy atom. The minimum atomic E-state index is 0.141. The van der Waals surface area contributed by atoms with Crippen LogP contribution < -0.4 is 4.57 Å². The van der Waals surface area contributed by atoms with Gasteiger partial charge < -0.3 is 0 Å². The second kappa shape index (κ2) is 6.28. The number of nitrogens with zero attached hydrogens (tertiary/aromatic N) is 1. The lowest BCUT2D eigenvalue weighted by Gasteiger charge is -2.07. The van der Waals surface area contributed by atoms with Crippen molar-refractivity contribution >= 4 is 5.78 Å². The van der Waals surface area contributed by atoms with Crippen LogP contribution in [0.5, 0.6) is 0 Å². The molecule has 2 heteroatoms. The van der Waals surface area contributed by atoms with E-state index in [1.807, 2.05) is 47.3 Å². The Balaban J connectivity index is 2.06. The highest BCUT2D eigenvalue weighted by atomic mass is 16.1. The van der Waals surface area contributed by atoms with Gasteiger partial charge >= 0.3 is 0 Å². The third-order valence-electron chi connectivity index (χ3n) is 3.52. The zero-order chi connectivity index (χ0) is 13.7. The first-order valence-corrected chi connectivity index (χ1v) is 6.78. The SMILES string of the molecule is CCC(C)c1cc[n+](CC(=O)c2ccccc2)cc1. The fourth-order valence-corrected chi connectivity index (χ4v) is 2.02. The lowest BCUT2D eigenvalue weighted by molar-refractivity contribution is -0.683. The number of hydrogen-bond acceptors (Lipinski definition) is 1. The van der Waals surface area contributed by atoms with Crippen molar-refractivity contribution in [2.24, 2.45) is 0 Å². The molecular formula is C17H20NO+. The number of carbonyl (C=O) groups excluding carboxylic acids is 1. The van der Waals surface area contributed by atoms with Crippen LogP contribution in [0.15, 0.2) is 54.9 Å². The molecule has 0 N–H and O–H groups in total. The van der Waals surface area contributed by atoms with Gasteiger partial charge in [-0.25, -0.2) is 0 Å². The number of benzene rings is 1. The van der Waals surface area contributed by atoms with Gasteiger partial charge in [-0.1, -0.05) is 44.2 Å². The van der Waals surface area contributed by atoms with Crippen molar-refractivity contribution in [3.8, 4) is 0 Å². The molecule has 2 aromatic rings. The summed E-state index contributed by atoms with van der Waals surface area (Å²) in [5, 5.41) is 0. The molecule has 2 rings (SSSR count). The molecule has 0 spiro atoms. The topological polar surface area (TPSA) is 20.9 Å². The second-order valence-electron chi connectivity index (χ2n) is 4.90. The first-order chi connectivity index (χ1) is 9.20. The molecule has 0 aliphatic rings. The molecule has 0 bridgehead atoms. The van der Waals surface area contributed by atoms with Crippen molar-refractivity contribution in [2.75, 3.05) is 0 Å². The van der Waals surface area contributed by atoms with Crippen LogP contribution in [0.25, 0.3) is 0 Å². The fraction of sp³-hybridized carbons (Fsp3) is 0.294. The molecule has 0 radical (unpaired) electrons. The maximum atomic E-state index is 12.1. The predicted molar refractivity (Wildman–Crippen MR) is 76.1 cm³/mol. The zero-order valence-corrected chi connectivity index (χ0v) is 11.5. The average Bonchev–Trinajstić information content (AvgIpc) is 2.48. The smallest absolute Gasteiger partial charge is 0.227 e. The summed E-state index contributed by atoms with van der Waals surface area (Å²) in [6, 6.07) is 13.6. The normalized spacial score (nSPS) is 12.1. The third-order valence-corrected chi connectivity index (χ3v) is 3.52. The van der Waals surface area contributed by atoms with Crippen LogP contribution in [0.3, 0.4) is 0 Å². The minimum Gasteiger partial charge on any atom is -0.287 e. The van der Waals surface area contributed by atoms with Crippen LogP contribution in [-0.4, -0.2) is 5.78 Å². The number of rotatable bonds is 5. The molecule has 0 fully saturated rings. The van der Waals surface area contributed by atoms with Gasteiger partial charge in [-0.2, -0.15) is 4.57 Å². The van der Waals surface area contributed by atoms with Crippen LogP contribution in [0.2, 0.25) is 0 Å². The maximum absolute atomic E-state index is 12.1. The van der Waals surface area contributed by atoms with Gasteiger partial charge in [0.15, 0.2) is 12.4 Å². The molecule has 0 saturated heterocycles. The maximum Gasteiger partial charge on any atom is 0.227 e. The lowest BCUT2D eigenvalue weighted by atomic mass is 10.0. The molecule has 1 atom stereocenters. The number of aromatic nitrogens is 1. The summed E-state index contributed by atoms with van der Waals surface area (Å²) >= 11 is 0. The van der Waals surface area contributed by atoms with E-state index in [2.05, 4.69) is 26.0 Å². The highest BCUT2D eigenvalue weighted by Crippen LogP contribution is 2.16. The van der Waals surface area contributed by atoms with Crippen molar-refractivity contribution < 1.29 is 9.36 Å². The molecule has 1 aromatic carbocycles. The Labute approximate surface area is 114 Å². The van der Waals surface area contributed by atoms with E-state index in [9.17, 15) is 4.79 Å². The first-order valence-electron chi connectivity index (χ1n) is 6.78. The highest BCUT2D eigenvalue weighted by Gasteiger charge is 2.12. The Bertz CT molecular complexity index is 531. The third kappa shape index (κ3) is 3.50. The van der Waals surface area contributed by atoms with E-state index in [1.54, 1.807) is 0 Å². The number of Topliss-reactive ketones (excluding diaryl/α,β-unsaturated/α-hetero) is 1. The van der Waals surface area contributed by atoms with Gasteiger partial charge in [0.25, 0.3) is 0 Å². The largest absolute Gasteiger partial charge is 0.287 e. The highest BCUT2D eigenvalue weighted by molar-refractivity contribution is 5.94. The van der Waals surface area contributed by atoms with E-state index in [0.29, 0.717) is 12.5 Å². The Morgan fingerprint density at radius 3 is 2.32 bits per heavy atom. The van der Waals surface area contributed by atoms with Crippen molar-refractivity contribution in [1.82, 2.24) is 0 Å². The van der Waals surface area contributed by atoms with Gasteiger partial charge in [0.05, 0.1) is 0 Å². The Kier molecular flexibility index (Phi) is 4.45. The molecule has 0 saturated carbocycles. The second-order valence-corrected chi connectivity index (χ2v) is 4.90. The molecule has 2 nitrogen and oxygen atoms in total. The molecule has 1 heterocycles. The Hall–Kier alpha value is -1.96. The zero-order valence-electron chi connectivity index (χ0n) is 11.5. The van der Waals surface area contributed by atoms with Crippen LogP contribution in [0.1, 0.15) is 42.1 Å². The van der Waals surface area contributed by atoms with Crippen LogP contribution in [-0.2, 0) is 6.54 Å². The van der Waals surface area contributed by atoms with E-state index in [1.165, 1.54) is 5.56 Å². The summed E-state index contributed by atoms with van der Waals surface area (Å²) in [5.41, 5.74) is 2.09. The molecule has 0 aliphatic heterocycles. The summed E-state index contributed by atoms with van der Waals surface area (Å²) in [6.07, 6.45) is 5.11. The average molecular weight is 254 g/mol. The number of hydrogen-bond donors (Lipinski definition) is 0. The van der Waals surface area contributed by atoms with Gasteiger partial charge in [0, 0.05) is 17.7 Å². The van der Waals surface area contributed by atoms with Crippen molar-refractivity contribution in [3.05, 3.63) is 66.0 Å². The lowest BCUT2D eigenvalue weighted by Crippen LogP contribution is -2.37. The van der Waals surface area contributed by atoms with Crippen LogP contribution in [0, 0.1) is 0 Å². The van der Waals surface area contributed by atoms with E-state index < -0.39 is 0 Å². The fourth-order valence-electron chi connectivity index (χ4n) is 2.02. The van der Waals surface area contributed by atoms with E-state index in [-0.39, 0.29) is 5.78 Å². The molecule has 0 aliphatic carbocycles. The van der Waals surface area contributed by atoms with Gasteiger partial charge in [-0.05, 0) is 17.9 Å². The monoisotopic (exact) mass is 254 g/mol. The van der Waals surface area contributed by atoms with Gasteiger partial charge in [0.2, 0.25) is 12.3 Å².